The fourth-order valence-electron chi connectivity index (χ4n) is 2.11. The van der Waals surface area contributed by atoms with Crippen LogP contribution in [0, 0.1) is 6.92 Å². The van der Waals surface area contributed by atoms with Gasteiger partial charge in [0.2, 0.25) is 0 Å². The van der Waals surface area contributed by atoms with Gasteiger partial charge >= 0.3 is 5.97 Å². The van der Waals surface area contributed by atoms with E-state index in [9.17, 15) is 9.59 Å². The molecule has 0 atom stereocenters. The fraction of sp³-hybridized carbons (Fsp3) is 0.200. The average Bonchev–Trinajstić information content (AvgIpc) is 2.88. The van der Waals surface area contributed by atoms with E-state index in [1.165, 1.54) is 10.9 Å². The summed E-state index contributed by atoms with van der Waals surface area (Å²) in [6.45, 7) is 1.81. The normalized spacial score (nSPS) is 10.9. The van der Waals surface area contributed by atoms with Gasteiger partial charge in [-0.05, 0) is 18.6 Å². The molecule has 0 aliphatic heterocycles. The Morgan fingerprint density at radius 1 is 1.39 bits per heavy atom. The van der Waals surface area contributed by atoms with Gasteiger partial charge in [-0.25, -0.2) is 14.8 Å². The molecule has 0 saturated heterocycles. The molecule has 0 fully saturated rings. The van der Waals surface area contributed by atoms with Crippen LogP contribution in [0.3, 0.4) is 0 Å². The molecule has 8 heteroatoms. The summed E-state index contributed by atoms with van der Waals surface area (Å²) in [5, 5.41) is 0.836. The highest BCUT2D eigenvalue weighted by atomic mass is 35.5. The minimum atomic E-state index is -0.484. The lowest BCUT2D eigenvalue weighted by atomic mass is 10.2. The fourth-order valence-corrected chi connectivity index (χ4v) is 3.25. The molecular weight excluding hydrogens is 338 g/mol. The average molecular weight is 350 g/mol. The van der Waals surface area contributed by atoms with Crippen molar-refractivity contribution in [3.8, 4) is 0 Å². The third-order valence-electron chi connectivity index (χ3n) is 3.35. The molecule has 0 amide bonds. The summed E-state index contributed by atoms with van der Waals surface area (Å²) < 4.78 is 6.67. The zero-order chi connectivity index (χ0) is 16.6. The number of nitrogens with zero attached hydrogens (tertiary/aromatic N) is 3. The van der Waals surface area contributed by atoms with E-state index in [0.717, 1.165) is 16.9 Å². The SMILES string of the molecule is Cc1c(C(=O)OCc2ccc(Cl)nc2)sc2ncn(C)c(=O)c12. The highest BCUT2D eigenvalue weighted by Crippen LogP contribution is 2.27. The predicted molar refractivity (Wildman–Crippen MR) is 88.0 cm³/mol. The van der Waals surface area contributed by atoms with E-state index in [1.807, 2.05) is 0 Å². The van der Waals surface area contributed by atoms with Gasteiger partial charge in [0.15, 0.2) is 0 Å². The molecule has 0 aliphatic rings. The molecule has 23 heavy (non-hydrogen) atoms. The van der Waals surface area contributed by atoms with Crippen LogP contribution in [0.15, 0.2) is 29.5 Å². The number of pyridine rings is 1. The zero-order valence-electron chi connectivity index (χ0n) is 12.4. The number of aromatic nitrogens is 3. The summed E-state index contributed by atoms with van der Waals surface area (Å²) in [6, 6.07) is 3.36. The molecule has 3 rings (SSSR count). The van der Waals surface area contributed by atoms with Crippen LogP contribution in [-0.4, -0.2) is 20.5 Å². The molecule has 0 N–H and O–H groups in total. The first-order chi connectivity index (χ1) is 11.0. The van der Waals surface area contributed by atoms with Gasteiger partial charge < -0.3 is 9.30 Å². The lowest BCUT2D eigenvalue weighted by Gasteiger charge is -2.04. The largest absolute Gasteiger partial charge is 0.457 e. The number of hydrogen-bond donors (Lipinski definition) is 0. The zero-order valence-corrected chi connectivity index (χ0v) is 13.9. The van der Waals surface area contributed by atoms with Crippen molar-refractivity contribution in [1.82, 2.24) is 14.5 Å². The van der Waals surface area contributed by atoms with Gasteiger partial charge in [-0.2, -0.15) is 0 Å². The third kappa shape index (κ3) is 2.97. The van der Waals surface area contributed by atoms with E-state index in [1.54, 1.807) is 32.3 Å². The van der Waals surface area contributed by atoms with Crippen LogP contribution in [0.2, 0.25) is 5.15 Å². The van der Waals surface area contributed by atoms with E-state index in [2.05, 4.69) is 9.97 Å². The first-order valence-corrected chi connectivity index (χ1v) is 7.89. The standard InChI is InChI=1S/C15H12ClN3O3S/c1-8-11-13(18-7-19(2)14(11)20)23-12(8)15(21)22-6-9-3-4-10(16)17-5-9/h3-5,7H,6H2,1-2H3. The molecular formula is C15H12ClN3O3S. The third-order valence-corrected chi connectivity index (χ3v) is 4.76. The van der Waals surface area contributed by atoms with E-state index < -0.39 is 5.97 Å². The Kier molecular flexibility index (Phi) is 4.14. The van der Waals surface area contributed by atoms with Gasteiger partial charge in [0, 0.05) is 18.8 Å². The molecule has 0 aliphatic carbocycles. The Bertz CT molecular complexity index is 947. The number of carbonyl (C=O) groups excluding carboxylic acids is 1. The summed E-state index contributed by atoms with van der Waals surface area (Å²) in [5.74, 6) is -0.484. The van der Waals surface area contributed by atoms with E-state index in [4.69, 9.17) is 16.3 Å². The van der Waals surface area contributed by atoms with Crippen molar-refractivity contribution in [2.24, 2.45) is 7.05 Å². The number of rotatable bonds is 3. The Morgan fingerprint density at radius 2 is 2.17 bits per heavy atom. The van der Waals surface area contributed by atoms with Crippen molar-refractivity contribution >= 4 is 39.1 Å². The number of halogens is 1. The van der Waals surface area contributed by atoms with Crippen LogP contribution in [0.25, 0.3) is 10.2 Å². The molecule has 3 aromatic rings. The van der Waals surface area contributed by atoms with Crippen LogP contribution < -0.4 is 5.56 Å². The molecule has 0 radical (unpaired) electrons. The number of hydrogen-bond acceptors (Lipinski definition) is 6. The van der Waals surface area contributed by atoms with Crippen molar-refractivity contribution in [3.63, 3.8) is 0 Å². The Hall–Kier alpha value is -2.25. The highest BCUT2D eigenvalue weighted by molar-refractivity contribution is 7.20. The van der Waals surface area contributed by atoms with E-state index in [-0.39, 0.29) is 12.2 Å². The monoisotopic (exact) mass is 349 g/mol. The van der Waals surface area contributed by atoms with Crippen LogP contribution in [0.4, 0.5) is 0 Å². The number of carbonyl (C=O) groups is 1. The van der Waals surface area contributed by atoms with Crippen molar-refractivity contribution in [2.75, 3.05) is 0 Å². The molecule has 3 heterocycles. The molecule has 3 aromatic heterocycles. The van der Waals surface area contributed by atoms with Gasteiger partial charge in [0.05, 0.1) is 11.7 Å². The number of fused-ring (bicyclic) bond motifs is 1. The summed E-state index contributed by atoms with van der Waals surface area (Å²) in [5.41, 5.74) is 1.15. The topological polar surface area (TPSA) is 74.1 Å². The maximum atomic E-state index is 12.3. The minimum absolute atomic E-state index is 0.0854. The summed E-state index contributed by atoms with van der Waals surface area (Å²) >= 11 is 6.86. The molecule has 0 spiro atoms. The van der Waals surface area contributed by atoms with Gasteiger partial charge in [0.1, 0.15) is 21.5 Å². The van der Waals surface area contributed by atoms with E-state index in [0.29, 0.717) is 25.8 Å². The van der Waals surface area contributed by atoms with Gasteiger partial charge in [-0.1, -0.05) is 17.7 Å². The van der Waals surface area contributed by atoms with Crippen molar-refractivity contribution in [2.45, 2.75) is 13.5 Å². The second-order valence-corrected chi connectivity index (χ2v) is 6.35. The first kappa shape index (κ1) is 15.6. The maximum Gasteiger partial charge on any atom is 0.349 e. The van der Waals surface area contributed by atoms with Gasteiger partial charge in [0.25, 0.3) is 5.56 Å². The second kappa shape index (κ2) is 6.10. The number of esters is 1. The maximum absolute atomic E-state index is 12.3. The molecule has 6 nitrogen and oxygen atoms in total. The predicted octanol–water partition coefficient (Wildman–Crippen LogP) is 2.71. The molecule has 0 bridgehead atoms. The lowest BCUT2D eigenvalue weighted by molar-refractivity contribution is 0.0477. The smallest absolute Gasteiger partial charge is 0.349 e. The second-order valence-electron chi connectivity index (χ2n) is 4.96. The Labute approximate surface area is 140 Å². The number of thiophene rings is 1. The quantitative estimate of drug-likeness (QED) is 0.537. The summed E-state index contributed by atoms with van der Waals surface area (Å²) in [7, 11) is 1.62. The number of aryl methyl sites for hydroxylation is 2. The Morgan fingerprint density at radius 3 is 2.87 bits per heavy atom. The van der Waals surface area contributed by atoms with Crippen LogP contribution >= 0.6 is 22.9 Å². The number of ether oxygens (including phenoxy) is 1. The van der Waals surface area contributed by atoms with Crippen LogP contribution in [0.1, 0.15) is 20.8 Å². The van der Waals surface area contributed by atoms with Crippen molar-refractivity contribution < 1.29 is 9.53 Å². The molecule has 0 aromatic carbocycles. The van der Waals surface area contributed by atoms with E-state index >= 15 is 0 Å². The van der Waals surface area contributed by atoms with Gasteiger partial charge in [-0.15, -0.1) is 11.3 Å². The van der Waals surface area contributed by atoms with Crippen LogP contribution in [0.5, 0.6) is 0 Å². The molecule has 0 unspecified atom stereocenters. The summed E-state index contributed by atoms with van der Waals surface area (Å²) in [6.07, 6.45) is 2.99. The van der Waals surface area contributed by atoms with Crippen LogP contribution in [-0.2, 0) is 18.4 Å². The minimum Gasteiger partial charge on any atom is -0.457 e. The first-order valence-electron chi connectivity index (χ1n) is 6.69. The van der Waals surface area contributed by atoms with Crippen molar-refractivity contribution in [1.29, 1.82) is 0 Å². The molecule has 118 valence electrons. The highest BCUT2D eigenvalue weighted by Gasteiger charge is 2.20. The van der Waals surface area contributed by atoms with Gasteiger partial charge in [-0.3, -0.25) is 4.79 Å². The molecule has 0 saturated carbocycles. The van der Waals surface area contributed by atoms with Crippen molar-refractivity contribution in [3.05, 3.63) is 56.2 Å². The summed E-state index contributed by atoms with van der Waals surface area (Å²) in [4.78, 5) is 33.5. The Balaban J connectivity index is 1.86. The lowest BCUT2D eigenvalue weighted by Crippen LogP contribution is -2.16.